The fourth-order valence-corrected chi connectivity index (χ4v) is 14.8. The van der Waals surface area contributed by atoms with Crippen LogP contribution in [0.2, 0.25) is 0 Å². The minimum Gasteiger partial charge on any atom is -0.113 e. The second kappa shape index (κ2) is 5.91. The van der Waals surface area contributed by atoms with E-state index in [-0.39, 0.29) is 0 Å². The molecule has 19 heavy (non-hydrogen) atoms. The maximum absolute atomic E-state index is 2.35. The lowest BCUT2D eigenvalue weighted by molar-refractivity contribution is 0.931. The van der Waals surface area contributed by atoms with E-state index in [0.717, 1.165) is 10.5 Å². The molecule has 0 aromatic heterocycles. The van der Waals surface area contributed by atoms with E-state index in [9.17, 15) is 0 Å². The van der Waals surface area contributed by atoms with Crippen LogP contribution in [0.3, 0.4) is 0 Å². The van der Waals surface area contributed by atoms with Crippen LogP contribution in [0, 0.1) is 0 Å². The number of hydrogen-bond acceptors (Lipinski definition) is 8. The molecule has 0 amide bonds. The van der Waals surface area contributed by atoms with Crippen molar-refractivity contribution in [2.75, 3.05) is 5.08 Å². The van der Waals surface area contributed by atoms with Crippen molar-refractivity contribution in [3.63, 3.8) is 0 Å². The van der Waals surface area contributed by atoms with Crippen molar-refractivity contribution < 1.29 is 0 Å². The van der Waals surface area contributed by atoms with Gasteiger partial charge in [0.15, 0.2) is 0 Å². The fraction of sp³-hybridized carbons (Fsp3) is 0.455. The monoisotopic (exact) mass is 398 g/mol. The van der Waals surface area contributed by atoms with Crippen LogP contribution in [-0.4, -0.2) is 15.6 Å². The smallest absolute Gasteiger partial charge is 0.0717 e. The van der Waals surface area contributed by atoms with Crippen molar-refractivity contribution in [1.29, 1.82) is 0 Å². The van der Waals surface area contributed by atoms with Crippen LogP contribution < -0.4 is 0 Å². The Morgan fingerprint density at radius 3 is 1.53 bits per heavy atom. The van der Waals surface area contributed by atoms with Crippen molar-refractivity contribution in [3.05, 3.63) is 25.4 Å². The SMILES string of the molecule is C[C@@H]1SC2=C(SC(=C3SC4=C(SCS4)S3)S2)S[C@@H]1C. The first kappa shape index (κ1) is 14.6. The highest BCUT2D eigenvalue weighted by Gasteiger charge is 2.36. The Hall–Kier alpha value is 2.02. The van der Waals surface area contributed by atoms with Crippen molar-refractivity contribution in [3.8, 4) is 0 Å². The van der Waals surface area contributed by atoms with E-state index in [4.69, 9.17) is 0 Å². The Bertz CT molecular complexity index is 489. The molecule has 0 fully saturated rings. The van der Waals surface area contributed by atoms with Gasteiger partial charge in [-0.25, -0.2) is 0 Å². The molecule has 4 aliphatic rings. The second-order valence-corrected chi connectivity index (χ2v) is 14.9. The molecule has 0 bridgehead atoms. The third-order valence-electron chi connectivity index (χ3n) is 2.87. The zero-order chi connectivity index (χ0) is 13.0. The van der Waals surface area contributed by atoms with E-state index in [0.29, 0.717) is 0 Å². The highest BCUT2D eigenvalue weighted by Crippen LogP contribution is 2.69. The fourth-order valence-electron chi connectivity index (χ4n) is 1.70. The number of hydrogen-bond donors (Lipinski definition) is 0. The number of thioether (sulfide) groups is 8. The Morgan fingerprint density at radius 1 is 0.632 bits per heavy atom. The van der Waals surface area contributed by atoms with Crippen LogP contribution >= 0.6 is 94.1 Å². The lowest BCUT2D eigenvalue weighted by Gasteiger charge is -2.24. The Balaban J connectivity index is 1.53. The second-order valence-electron chi connectivity index (χ2n) is 4.19. The van der Waals surface area contributed by atoms with Crippen molar-refractivity contribution in [2.45, 2.75) is 24.3 Å². The summed E-state index contributed by atoms with van der Waals surface area (Å²) in [7, 11) is 0. The lowest BCUT2D eigenvalue weighted by atomic mass is 10.4. The first-order valence-electron chi connectivity index (χ1n) is 5.74. The van der Waals surface area contributed by atoms with E-state index >= 15 is 0 Å². The Labute approximate surface area is 147 Å². The Kier molecular flexibility index (Phi) is 4.54. The maximum atomic E-state index is 2.35. The average Bonchev–Trinajstić information content (AvgIpc) is 3.01. The molecule has 0 aliphatic carbocycles. The molecule has 4 aliphatic heterocycles. The van der Waals surface area contributed by atoms with Gasteiger partial charge in [0.1, 0.15) is 0 Å². The molecular weight excluding hydrogens is 389 g/mol. The first-order valence-corrected chi connectivity index (χ1v) is 12.7. The molecule has 0 spiro atoms. The number of rotatable bonds is 0. The molecule has 2 atom stereocenters. The van der Waals surface area contributed by atoms with Crippen molar-refractivity contribution >= 4 is 94.1 Å². The lowest BCUT2D eigenvalue weighted by Crippen LogP contribution is -2.14. The van der Waals surface area contributed by atoms with Gasteiger partial charge in [-0.2, -0.15) is 0 Å². The van der Waals surface area contributed by atoms with Crippen LogP contribution in [0.1, 0.15) is 13.8 Å². The highest BCUT2D eigenvalue weighted by molar-refractivity contribution is 8.48. The highest BCUT2D eigenvalue weighted by atomic mass is 32.3. The third kappa shape index (κ3) is 2.82. The molecule has 4 rings (SSSR count). The first-order chi connectivity index (χ1) is 9.20. The van der Waals surface area contributed by atoms with Crippen LogP contribution in [0.4, 0.5) is 0 Å². The molecule has 8 heteroatoms. The molecule has 0 aromatic rings. The van der Waals surface area contributed by atoms with Gasteiger partial charge in [0.25, 0.3) is 0 Å². The van der Waals surface area contributed by atoms with E-state index in [1.165, 1.54) is 13.6 Å². The van der Waals surface area contributed by atoms with Crippen LogP contribution in [-0.2, 0) is 0 Å². The summed E-state index contributed by atoms with van der Waals surface area (Å²) in [5.74, 6) is 0. The van der Waals surface area contributed by atoms with Gasteiger partial charge in [-0.05, 0) is 0 Å². The van der Waals surface area contributed by atoms with Gasteiger partial charge in [-0.1, -0.05) is 60.9 Å². The standard InChI is InChI=1S/C11H10S8/c1-4-5(2)15-9-8(14-4)18-11(19-9)10-16-6-7(17-10)13-3-12-6/h4-5H,3H2,1-2H3/t4-,5+. The summed E-state index contributed by atoms with van der Waals surface area (Å²) in [6.45, 7) is 4.70. The third-order valence-corrected chi connectivity index (χ3v) is 15.3. The van der Waals surface area contributed by atoms with Gasteiger partial charge >= 0.3 is 0 Å². The summed E-state index contributed by atoms with van der Waals surface area (Å²) in [5, 5.41) is 2.68. The summed E-state index contributed by atoms with van der Waals surface area (Å²) in [6, 6.07) is 0. The summed E-state index contributed by atoms with van der Waals surface area (Å²) >= 11 is 16.2. The van der Waals surface area contributed by atoms with E-state index in [1.807, 2.05) is 70.6 Å². The zero-order valence-corrected chi connectivity index (χ0v) is 16.7. The topological polar surface area (TPSA) is 0 Å². The van der Waals surface area contributed by atoms with Crippen LogP contribution in [0.15, 0.2) is 25.4 Å². The molecular formula is C11H10S8. The van der Waals surface area contributed by atoms with Gasteiger partial charge < -0.3 is 0 Å². The predicted molar refractivity (Wildman–Crippen MR) is 106 cm³/mol. The van der Waals surface area contributed by atoms with Crippen LogP contribution in [0.25, 0.3) is 0 Å². The predicted octanol–water partition coefficient (Wildman–Crippen LogP) is 7.02. The minimum absolute atomic E-state index is 0.735. The molecule has 102 valence electrons. The minimum atomic E-state index is 0.735. The van der Waals surface area contributed by atoms with E-state index < -0.39 is 0 Å². The largest absolute Gasteiger partial charge is 0.113 e. The maximum Gasteiger partial charge on any atom is 0.0717 e. The van der Waals surface area contributed by atoms with E-state index in [2.05, 4.69) is 37.4 Å². The zero-order valence-electron chi connectivity index (χ0n) is 10.1. The summed E-state index contributed by atoms with van der Waals surface area (Å²) in [5.41, 5.74) is 0. The van der Waals surface area contributed by atoms with Gasteiger partial charge in [0, 0.05) is 15.6 Å². The molecule has 0 aromatic carbocycles. The molecule has 0 saturated carbocycles. The van der Waals surface area contributed by atoms with Crippen molar-refractivity contribution in [2.24, 2.45) is 0 Å². The molecule has 4 heterocycles. The quantitative estimate of drug-likeness (QED) is 0.421. The molecule has 0 unspecified atom stereocenters. The molecule has 0 saturated heterocycles. The molecule has 0 nitrogen and oxygen atoms in total. The van der Waals surface area contributed by atoms with E-state index in [1.54, 1.807) is 16.9 Å². The summed E-state index contributed by atoms with van der Waals surface area (Å²) in [6.07, 6.45) is 0. The molecule has 0 N–H and O–H groups in total. The summed E-state index contributed by atoms with van der Waals surface area (Å²) < 4.78 is 9.25. The average molecular weight is 399 g/mol. The Morgan fingerprint density at radius 2 is 1.05 bits per heavy atom. The normalized spacial score (nSPS) is 34.4. The van der Waals surface area contributed by atoms with Gasteiger partial charge in [0.05, 0.1) is 25.4 Å². The van der Waals surface area contributed by atoms with Gasteiger partial charge in [-0.3, -0.25) is 0 Å². The van der Waals surface area contributed by atoms with Gasteiger partial charge in [0.2, 0.25) is 0 Å². The molecule has 0 radical (unpaired) electrons. The van der Waals surface area contributed by atoms with Crippen LogP contribution in [0.5, 0.6) is 0 Å². The van der Waals surface area contributed by atoms with Gasteiger partial charge in [-0.15, -0.1) is 47.0 Å². The van der Waals surface area contributed by atoms with Crippen molar-refractivity contribution in [1.82, 2.24) is 0 Å². The summed E-state index contributed by atoms with van der Waals surface area (Å²) in [4.78, 5) is 0.